The van der Waals surface area contributed by atoms with E-state index in [0.717, 1.165) is 11.6 Å². The molecule has 0 aromatic heterocycles. The fraction of sp³-hybridized carbons (Fsp3) is 0.176. The summed E-state index contributed by atoms with van der Waals surface area (Å²) in [6, 6.07) is 11.4. The molecule has 22 heavy (non-hydrogen) atoms. The number of methoxy groups -OCH3 is 1. The van der Waals surface area contributed by atoms with Crippen molar-refractivity contribution < 1.29 is 23.5 Å². The van der Waals surface area contributed by atoms with Crippen LogP contribution in [0.5, 0.6) is 5.75 Å². The average molecular weight is 302 g/mol. The molecular formula is C17H15FO4. The van der Waals surface area contributed by atoms with Gasteiger partial charge >= 0.3 is 5.97 Å². The number of hydrogen-bond donors (Lipinski definition) is 0. The van der Waals surface area contributed by atoms with E-state index >= 15 is 0 Å². The summed E-state index contributed by atoms with van der Waals surface area (Å²) in [6.07, 6.45) is 0. The van der Waals surface area contributed by atoms with Gasteiger partial charge in [0.05, 0.1) is 12.7 Å². The van der Waals surface area contributed by atoms with Crippen LogP contribution in [0.2, 0.25) is 0 Å². The van der Waals surface area contributed by atoms with Crippen LogP contribution in [0, 0.1) is 5.82 Å². The third-order valence-electron chi connectivity index (χ3n) is 3.09. The van der Waals surface area contributed by atoms with Crippen LogP contribution in [0.4, 0.5) is 4.39 Å². The number of rotatable bonds is 5. The smallest absolute Gasteiger partial charge is 0.338 e. The van der Waals surface area contributed by atoms with E-state index in [2.05, 4.69) is 4.74 Å². The predicted octanol–water partition coefficient (Wildman–Crippen LogP) is 3.39. The van der Waals surface area contributed by atoms with Crippen molar-refractivity contribution in [1.29, 1.82) is 0 Å². The first-order valence-corrected chi connectivity index (χ1v) is 6.62. The molecule has 2 rings (SSSR count). The molecule has 2 aromatic rings. The van der Waals surface area contributed by atoms with Gasteiger partial charge in [0.2, 0.25) is 0 Å². The summed E-state index contributed by atoms with van der Waals surface area (Å²) in [6.45, 7) is 1.41. The van der Waals surface area contributed by atoms with E-state index in [1.165, 1.54) is 20.1 Å². The van der Waals surface area contributed by atoms with Crippen LogP contribution < -0.4 is 4.74 Å². The normalized spacial score (nSPS) is 10.1. The second-order valence-electron chi connectivity index (χ2n) is 4.65. The number of ketones is 1. The first-order valence-electron chi connectivity index (χ1n) is 6.62. The number of carbonyl (C=O) groups excluding carboxylic acids is 2. The van der Waals surface area contributed by atoms with E-state index in [1.807, 2.05) is 30.3 Å². The van der Waals surface area contributed by atoms with Crippen LogP contribution in [0.15, 0.2) is 42.5 Å². The Hall–Kier alpha value is -2.69. The second kappa shape index (κ2) is 6.85. The molecule has 5 heteroatoms. The SMILES string of the molecule is COC(=O)c1cc(OCc2ccccc2)c(F)cc1C(C)=O. The Kier molecular flexibility index (Phi) is 4.88. The number of esters is 1. The van der Waals surface area contributed by atoms with Gasteiger partial charge in [-0.2, -0.15) is 0 Å². The minimum atomic E-state index is -0.713. The molecule has 0 aliphatic carbocycles. The highest BCUT2D eigenvalue weighted by molar-refractivity contribution is 6.05. The predicted molar refractivity (Wildman–Crippen MR) is 78.5 cm³/mol. The summed E-state index contributed by atoms with van der Waals surface area (Å²) in [5.41, 5.74) is 0.813. The van der Waals surface area contributed by atoms with Crippen LogP contribution in [-0.2, 0) is 11.3 Å². The van der Waals surface area contributed by atoms with Crippen LogP contribution >= 0.6 is 0 Å². The van der Waals surface area contributed by atoms with Gasteiger partial charge in [-0.15, -0.1) is 0 Å². The van der Waals surface area contributed by atoms with Crippen molar-refractivity contribution in [2.45, 2.75) is 13.5 Å². The molecule has 0 radical (unpaired) electrons. The van der Waals surface area contributed by atoms with Crippen molar-refractivity contribution in [2.24, 2.45) is 0 Å². The lowest BCUT2D eigenvalue weighted by atomic mass is 10.0. The summed E-state index contributed by atoms with van der Waals surface area (Å²) in [4.78, 5) is 23.2. The quantitative estimate of drug-likeness (QED) is 0.627. The summed E-state index contributed by atoms with van der Waals surface area (Å²) in [5, 5.41) is 0. The number of hydrogen-bond acceptors (Lipinski definition) is 4. The molecule has 0 saturated carbocycles. The van der Waals surface area contributed by atoms with Crippen molar-refractivity contribution in [3.05, 3.63) is 65.0 Å². The van der Waals surface area contributed by atoms with E-state index in [1.54, 1.807) is 0 Å². The summed E-state index contributed by atoms with van der Waals surface area (Å²) < 4.78 is 24.0. The summed E-state index contributed by atoms with van der Waals surface area (Å²) >= 11 is 0. The van der Waals surface area contributed by atoms with Crippen molar-refractivity contribution in [3.63, 3.8) is 0 Å². The number of carbonyl (C=O) groups is 2. The van der Waals surface area contributed by atoms with Gasteiger partial charge in [0.1, 0.15) is 6.61 Å². The van der Waals surface area contributed by atoms with Gasteiger partial charge in [-0.1, -0.05) is 30.3 Å². The first kappa shape index (κ1) is 15.7. The standard InChI is InChI=1S/C17H15FO4/c1-11(19)13-8-15(18)16(9-14(13)17(20)21-2)22-10-12-6-4-3-5-7-12/h3-9H,10H2,1-2H3. The molecule has 0 heterocycles. The zero-order valence-corrected chi connectivity index (χ0v) is 12.3. The molecule has 0 saturated heterocycles. The van der Waals surface area contributed by atoms with Gasteiger partial charge in [-0.3, -0.25) is 4.79 Å². The summed E-state index contributed by atoms with van der Waals surface area (Å²) in [5.74, 6) is -1.94. The van der Waals surface area contributed by atoms with Crippen LogP contribution in [0.3, 0.4) is 0 Å². The van der Waals surface area contributed by atoms with Gasteiger partial charge in [-0.25, -0.2) is 9.18 Å². The van der Waals surface area contributed by atoms with E-state index < -0.39 is 17.6 Å². The Balaban J connectivity index is 2.32. The zero-order valence-electron chi connectivity index (χ0n) is 12.3. The molecule has 0 N–H and O–H groups in total. The highest BCUT2D eigenvalue weighted by Gasteiger charge is 2.19. The molecule has 0 aliphatic rings. The molecule has 0 unspecified atom stereocenters. The van der Waals surface area contributed by atoms with Crippen molar-refractivity contribution in [2.75, 3.05) is 7.11 Å². The van der Waals surface area contributed by atoms with E-state index in [0.29, 0.717) is 0 Å². The zero-order chi connectivity index (χ0) is 16.1. The lowest BCUT2D eigenvalue weighted by molar-refractivity contribution is 0.0596. The third-order valence-corrected chi connectivity index (χ3v) is 3.09. The molecule has 0 fully saturated rings. The Bertz CT molecular complexity index is 695. The van der Waals surface area contributed by atoms with E-state index in [9.17, 15) is 14.0 Å². The van der Waals surface area contributed by atoms with Crippen LogP contribution in [0.25, 0.3) is 0 Å². The summed E-state index contributed by atoms with van der Waals surface area (Å²) in [7, 11) is 1.19. The number of halogens is 1. The van der Waals surface area contributed by atoms with Gasteiger partial charge in [-0.05, 0) is 24.6 Å². The molecule has 4 nitrogen and oxygen atoms in total. The highest BCUT2D eigenvalue weighted by Crippen LogP contribution is 2.24. The maximum absolute atomic E-state index is 14.0. The second-order valence-corrected chi connectivity index (χ2v) is 4.65. The minimum Gasteiger partial charge on any atom is -0.486 e. The fourth-order valence-corrected chi connectivity index (χ4v) is 1.97. The van der Waals surface area contributed by atoms with E-state index in [4.69, 9.17) is 4.74 Å². The van der Waals surface area contributed by atoms with Gasteiger partial charge in [0.25, 0.3) is 0 Å². The number of benzene rings is 2. The number of ether oxygens (including phenoxy) is 2. The maximum atomic E-state index is 14.0. The highest BCUT2D eigenvalue weighted by atomic mass is 19.1. The average Bonchev–Trinajstić information content (AvgIpc) is 2.53. The topological polar surface area (TPSA) is 52.6 Å². The molecule has 0 atom stereocenters. The fourth-order valence-electron chi connectivity index (χ4n) is 1.97. The lowest BCUT2D eigenvalue weighted by Gasteiger charge is -2.11. The lowest BCUT2D eigenvalue weighted by Crippen LogP contribution is -2.10. The molecule has 0 amide bonds. The van der Waals surface area contributed by atoms with Crippen molar-refractivity contribution in [3.8, 4) is 5.75 Å². The van der Waals surface area contributed by atoms with Crippen LogP contribution in [0.1, 0.15) is 33.2 Å². The molecule has 114 valence electrons. The molecule has 0 spiro atoms. The largest absolute Gasteiger partial charge is 0.486 e. The molecule has 0 aliphatic heterocycles. The Labute approximate surface area is 127 Å². The Morgan fingerprint density at radius 3 is 2.36 bits per heavy atom. The maximum Gasteiger partial charge on any atom is 0.338 e. The van der Waals surface area contributed by atoms with Crippen LogP contribution in [-0.4, -0.2) is 18.9 Å². The first-order chi connectivity index (χ1) is 10.5. The minimum absolute atomic E-state index is 0.0144. The molecule has 2 aromatic carbocycles. The number of Topliss-reactive ketones (excluding diaryl/α,β-unsaturated/α-hetero) is 1. The molecule has 0 bridgehead atoms. The van der Waals surface area contributed by atoms with Crippen molar-refractivity contribution >= 4 is 11.8 Å². The van der Waals surface area contributed by atoms with Gasteiger partial charge < -0.3 is 9.47 Å². The Morgan fingerprint density at radius 2 is 1.77 bits per heavy atom. The van der Waals surface area contributed by atoms with Crippen molar-refractivity contribution in [1.82, 2.24) is 0 Å². The van der Waals surface area contributed by atoms with Gasteiger partial charge in [0.15, 0.2) is 17.3 Å². The molecular weight excluding hydrogens is 287 g/mol. The Morgan fingerprint density at radius 1 is 1.09 bits per heavy atom. The third kappa shape index (κ3) is 3.49. The van der Waals surface area contributed by atoms with Gasteiger partial charge in [0, 0.05) is 5.56 Å². The van der Waals surface area contributed by atoms with E-state index in [-0.39, 0.29) is 23.5 Å². The monoisotopic (exact) mass is 302 g/mol.